The minimum absolute atomic E-state index is 0.0752. The van der Waals surface area contributed by atoms with E-state index in [1.807, 2.05) is 0 Å². The lowest BCUT2D eigenvalue weighted by molar-refractivity contribution is -0.138. The second-order valence-corrected chi connectivity index (χ2v) is 9.14. The van der Waals surface area contributed by atoms with Crippen LogP contribution in [-0.4, -0.2) is 31.7 Å². The first-order valence-electron chi connectivity index (χ1n) is 8.66. The summed E-state index contributed by atoms with van der Waals surface area (Å²) in [5, 5.41) is 2.19. The zero-order valence-electron chi connectivity index (χ0n) is 16.2. The molecule has 0 aliphatic heterocycles. The minimum Gasteiger partial charge on any atom is -0.348 e. The molecule has 0 radical (unpaired) electrons. The minimum atomic E-state index is -4.81. The highest BCUT2D eigenvalue weighted by molar-refractivity contribution is 7.89. The van der Waals surface area contributed by atoms with Crippen molar-refractivity contribution in [2.24, 2.45) is 0 Å². The SMILES string of the molecule is CC(C)N(C)S(=O)(=O)c1ccc(Cl)c(C(=O)NCc2ccc(F)cc2C(F)(F)F)c1. The maximum absolute atomic E-state index is 13.2. The number of hydrogen-bond donors (Lipinski definition) is 1. The van der Waals surface area contributed by atoms with Gasteiger partial charge in [-0.1, -0.05) is 17.7 Å². The van der Waals surface area contributed by atoms with Crippen LogP contribution >= 0.6 is 11.6 Å². The normalized spacial score (nSPS) is 12.5. The van der Waals surface area contributed by atoms with E-state index in [4.69, 9.17) is 11.6 Å². The van der Waals surface area contributed by atoms with Crippen LogP contribution in [0.2, 0.25) is 5.02 Å². The van der Waals surface area contributed by atoms with Gasteiger partial charge in [0, 0.05) is 19.6 Å². The number of carbonyl (C=O) groups excluding carboxylic acids is 1. The summed E-state index contributed by atoms with van der Waals surface area (Å²) in [5.41, 5.74) is -1.79. The fourth-order valence-electron chi connectivity index (χ4n) is 2.52. The monoisotopic (exact) mass is 466 g/mol. The molecule has 30 heavy (non-hydrogen) atoms. The molecule has 0 aliphatic rings. The summed E-state index contributed by atoms with van der Waals surface area (Å²) in [7, 11) is -2.53. The Hall–Kier alpha value is -2.17. The van der Waals surface area contributed by atoms with Crippen molar-refractivity contribution in [1.82, 2.24) is 9.62 Å². The molecule has 0 atom stereocenters. The molecule has 0 aromatic heterocycles. The molecule has 0 bridgehead atoms. The summed E-state index contributed by atoms with van der Waals surface area (Å²) in [6.07, 6.45) is -4.81. The molecule has 0 unspecified atom stereocenters. The van der Waals surface area contributed by atoms with Crippen molar-refractivity contribution in [3.05, 3.63) is 63.9 Å². The van der Waals surface area contributed by atoms with Gasteiger partial charge >= 0.3 is 6.18 Å². The molecule has 2 aromatic carbocycles. The lowest BCUT2D eigenvalue weighted by Gasteiger charge is -2.21. The molecule has 0 saturated heterocycles. The molecule has 1 amide bonds. The van der Waals surface area contributed by atoms with Crippen molar-refractivity contribution < 1.29 is 30.8 Å². The molecule has 164 valence electrons. The van der Waals surface area contributed by atoms with E-state index < -0.39 is 40.0 Å². The smallest absolute Gasteiger partial charge is 0.348 e. The molecule has 0 aliphatic carbocycles. The van der Waals surface area contributed by atoms with Gasteiger partial charge in [-0.15, -0.1) is 0 Å². The fourth-order valence-corrected chi connectivity index (χ4v) is 4.12. The van der Waals surface area contributed by atoms with Crippen molar-refractivity contribution in [2.45, 2.75) is 37.5 Å². The average molecular weight is 467 g/mol. The van der Waals surface area contributed by atoms with Crippen molar-refractivity contribution in [3.8, 4) is 0 Å². The van der Waals surface area contributed by atoms with Gasteiger partial charge in [0.2, 0.25) is 10.0 Å². The molecular weight excluding hydrogens is 448 g/mol. The number of amides is 1. The van der Waals surface area contributed by atoms with Crippen LogP contribution in [0, 0.1) is 5.82 Å². The fraction of sp³-hybridized carbons (Fsp3) is 0.316. The lowest BCUT2D eigenvalue weighted by atomic mass is 10.1. The topological polar surface area (TPSA) is 66.5 Å². The Bertz CT molecular complexity index is 1060. The van der Waals surface area contributed by atoms with Gasteiger partial charge in [-0.25, -0.2) is 12.8 Å². The Balaban J connectivity index is 2.31. The largest absolute Gasteiger partial charge is 0.416 e. The Labute approximate surface area is 176 Å². The second-order valence-electron chi connectivity index (χ2n) is 6.74. The van der Waals surface area contributed by atoms with Crippen LogP contribution in [0.25, 0.3) is 0 Å². The zero-order valence-corrected chi connectivity index (χ0v) is 17.8. The third kappa shape index (κ3) is 5.30. The first-order chi connectivity index (χ1) is 13.7. The lowest BCUT2D eigenvalue weighted by Crippen LogP contribution is -2.33. The van der Waals surface area contributed by atoms with Crippen LogP contribution in [0.5, 0.6) is 0 Å². The molecule has 0 saturated carbocycles. The summed E-state index contributed by atoms with van der Waals surface area (Å²) >= 11 is 5.99. The van der Waals surface area contributed by atoms with Crippen LogP contribution in [0.3, 0.4) is 0 Å². The van der Waals surface area contributed by atoms with E-state index in [-0.39, 0.29) is 27.1 Å². The number of halogens is 5. The first-order valence-corrected chi connectivity index (χ1v) is 10.5. The van der Waals surface area contributed by atoms with E-state index in [0.717, 1.165) is 22.5 Å². The van der Waals surface area contributed by atoms with E-state index >= 15 is 0 Å². The van der Waals surface area contributed by atoms with Crippen molar-refractivity contribution in [1.29, 1.82) is 0 Å². The van der Waals surface area contributed by atoms with Gasteiger partial charge in [0.1, 0.15) is 5.82 Å². The van der Waals surface area contributed by atoms with Gasteiger partial charge in [-0.3, -0.25) is 4.79 Å². The van der Waals surface area contributed by atoms with Gasteiger partial charge in [0.05, 0.1) is 21.0 Å². The molecule has 11 heteroatoms. The predicted molar refractivity (Wildman–Crippen MR) is 104 cm³/mol. The Morgan fingerprint density at radius 3 is 2.37 bits per heavy atom. The summed E-state index contributed by atoms with van der Waals surface area (Å²) in [6, 6.07) is 5.26. The molecule has 0 spiro atoms. The number of alkyl halides is 3. The molecule has 5 nitrogen and oxygen atoms in total. The summed E-state index contributed by atoms with van der Waals surface area (Å²) in [4.78, 5) is 12.3. The van der Waals surface area contributed by atoms with Crippen LogP contribution in [0.15, 0.2) is 41.3 Å². The highest BCUT2D eigenvalue weighted by Crippen LogP contribution is 2.32. The molecule has 2 aromatic rings. The van der Waals surface area contributed by atoms with Crippen molar-refractivity contribution in [3.63, 3.8) is 0 Å². The number of carbonyl (C=O) groups is 1. The third-order valence-corrected chi connectivity index (χ3v) is 6.76. The first kappa shape index (κ1) is 24.1. The van der Waals surface area contributed by atoms with E-state index in [2.05, 4.69) is 5.32 Å². The highest BCUT2D eigenvalue weighted by atomic mass is 35.5. The zero-order chi connectivity index (χ0) is 22.9. The van der Waals surface area contributed by atoms with Crippen LogP contribution in [0.4, 0.5) is 17.6 Å². The molecule has 1 N–H and O–H groups in total. The predicted octanol–water partition coefficient (Wildman–Crippen LogP) is 4.46. The third-order valence-electron chi connectivity index (χ3n) is 4.40. The van der Waals surface area contributed by atoms with Gasteiger partial charge in [0.15, 0.2) is 0 Å². The van der Waals surface area contributed by atoms with Crippen LogP contribution < -0.4 is 5.32 Å². The number of rotatable bonds is 6. The van der Waals surface area contributed by atoms with Crippen molar-refractivity contribution in [2.75, 3.05) is 7.05 Å². The van der Waals surface area contributed by atoms with Crippen molar-refractivity contribution >= 4 is 27.5 Å². The number of benzene rings is 2. The highest BCUT2D eigenvalue weighted by Gasteiger charge is 2.34. The quantitative estimate of drug-likeness (QED) is 0.639. The molecule has 0 heterocycles. The maximum atomic E-state index is 13.2. The van der Waals surface area contributed by atoms with Crippen LogP contribution in [-0.2, 0) is 22.7 Å². The standard InChI is InChI=1S/C19H19ClF4N2O3S/c1-11(2)26(3)30(28,29)14-6-7-17(20)15(9-14)18(27)25-10-12-4-5-13(21)8-16(12)19(22,23)24/h4-9,11H,10H2,1-3H3,(H,25,27). The number of nitrogens with one attached hydrogen (secondary N) is 1. The van der Waals surface area contributed by atoms with Gasteiger partial charge in [0.25, 0.3) is 5.91 Å². The Kier molecular flexibility index (Phi) is 7.16. The maximum Gasteiger partial charge on any atom is 0.416 e. The summed E-state index contributed by atoms with van der Waals surface area (Å²) in [5.74, 6) is -1.94. The average Bonchev–Trinajstić information content (AvgIpc) is 2.65. The molecule has 0 fully saturated rings. The van der Waals surface area contributed by atoms with Gasteiger partial charge < -0.3 is 5.32 Å². The van der Waals surface area contributed by atoms with Crippen LogP contribution in [0.1, 0.15) is 35.3 Å². The number of hydrogen-bond acceptors (Lipinski definition) is 3. The van der Waals surface area contributed by atoms with E-state index in [9.17, 15) is 30.8 Å². The Morgan fingerprint density at radius 2 is 1.80 bits per heavy atom. The Morgan fingerprint density at radius 1 is 1.17 bits per heavy atom. The number of nitrogens with zero attached hydrogens (tertiary/aromatic N) is 1. The molecule has 2 rings (SSSR count). The van der Waals surface area contributed by atoms with Gasteiger partial charge in [-0.05, 0) is 49.7 Å². The van der Waals surface area contributed by atoms with E-state index in [1.54, 1.807) is 13.8 Å². The summed E-state index contributed by atoms with van der Waals surface area (Å²) < 4.78 is 78.8. The van der Waals surface area contributed by atoms with Gasteiger partial charge in [-0.2, -0.15) is 17.5 Å². The number of sulfonamides is 1. The van der Waals surface area contributed by atoms with E-state index in [1.165, 1.54) is 19.2 Å². The second kappa shape index (κ2) is 8.91. The molecular formula is C19H19ClF4N2O3S. The summed E-state index contributed by atoms with van der Waals surface area (Å²) in [6.45, 7) is 2.77. The van der Waals surface area contributed by atoms with E-state index in [0.29, 0.717) is 6.07 Å².